The van der Waals surface area contributed by atoms with Crippen LogP contribution in [0.1, 0.15) is 48.9 Å². The molecule has 0 saturated heterocycles. The SMILES string of the molecule is CCCNC(=O)[C@H](CC)N(Cc1ccccc1)C(=O)Cc1cc(C)cc(C)c1. The monoisotopic (exact) mass is 380 g/mol. The Balaban J connectivity index is 2.27. The molecule has 1 N–H and O–H groups in total. The van der Waals surface area contributed by atoms with E-state index in [-0.39, 0.29) is 11.8 Å². The van der Waals surface area contributed by atoms with Crippen LogP contribution in [0.15, 0.2) is 48.5 Å². The van der Waals surface area contributed by atoms with Crippen molar-refractivity contribution in [2.75, 3.05) is 6.54 Å². The van der Waals surface area contributed by atoms with Crippen molar-refractivity contribution in [2.45, 2.75) is 59.5 Å². The van der Waals surface area contributed by atoms with Gasteiger partial charge in [0, 0.05) is 13.1 Å². The lowest BCUT2D eigenvalue weighted by Gasteiger charge is -2.31. The van der Waals surface area contributed by atoms with Crippen LogP contribution >= 0.6 is 0 Å². The van der Waals surface area contributed by atoms with Crippen molar-refractivity contribution in [1.29, 1.82) is 0 Å². The summed E-state index contributed by atoms with van der Waals surface area (Å²) in [5, 5.41) is 2.95. The molecule has 28 heavy (non-hydrogen) atoms. The Bertz CT molecular complexity index is 766. The number of amides is 2. The molecule has 1 atom stereocenters. The molecule has 2 aromatic rings. The molecule has 2 amide bonds. The summed E-state index contributed by atoms with van der Waals surface area (Å²) in [4.78, 5) is 27.7. The highest BCUT2D eigenvalue weighted by Gasteiger charge is 2.28. The molecular formula is C24H32N2O2. The average Bonchev–Trinajstić information content (AvgIpc) is 2.66. The van der Waals surface area contributed by atoms with Crippen molar-refractivity contribution in [1.82, 2.24) is 10.2 Å². The van der Waals surface area contributed by atoms with Crippen LogP contribution in [0.4, 0.5) is 0 Å². The van der Waals surface area contributed by atoms with E-state index in [2.05, 4.69) is 11.4 Å². The average molecular weight is 381 g/mol. The van der Waals surface area contributed by atoms with Crippen LogP contribution in [0, 0.1) is 13.8 Å². The maximum absolute atomic E-state index is 13.3. The predicted molar refractivity (Wildman–Crippen MR) is 114 cm³/mol. The zero-order valence-corrected chi connectivity index (χ0v) is 17.5. The lowest BCUT2D eigenvalue weighted by Crippen LogP contribution is -2.49. The van der Waals surface area contributed by atoms with Gasteiger partial charge in [-0.2, -0.15) is 0 Å². The summed E-state index contributed by atoms with van der Waals surface area (Å²) in [6.07, 6.45) is 1.76. The highest BCUT2D eigenvalue weighted by molar-refractivity contribution is 5.88. The minimum absolute atomic E-state index is 0.0210. The van der Waals surface area contributed by atoms with Gasteiger partial charge in [-0.05, 0) is 37.8 Å². The molecule has 2 rings (SSSR count). The van der Waals surface area contributed by atoms with Gasteiger partial charge >= 0.3 is 0 Å². The third-order valence-electron chi connectivity index (χ3n) is 4.77. The van der Waals surface area contributed by atoms with E-state index in [4.69, 9.17) is 0 Å². The molecule has 0 saturated carbocycles. The highest BCUT2D eigenvalue weighted by Crippen LogP contribution is 2.16. The quantitative estimate of drug-likeness (QED) is 0.709. The van der Waals surface area contributed by atoms with Crippen LogP contribution in [-0.2, 0) is 22.6 Å². The van der Waals surface area contributed by atoms with Crippen LogP contribution < -0.4 is 5.32 Å². The second-order valence-corrected chi connectivity index (χ2v) is 7.40. The molecule has 0 aliphatic rings. The molecule has 150 valence electrons. The Labute approximate surface area is 169 Å². The maximum atomic E-state index is 13.3. The first-order valence-corrected chi connectivity index (χ1v) is 10.1. The normalized spacial score (nSPS) is 11.7. The molecule has 0 bridgehead atoms. The lowest BCUT2D eigenvalue weighted by atomic mass is 10.0. The van der Waals surface area contributed by atoms with Gasteiger partial charge in [-0.15, -0.1) is 0 Å². The summed E-state index contributed by atoms with van der Waals surface area (Å²) >= 11 is 0. The Morgan fingerprint density at radius 2 is 1.61 bits per heavy atom. The molecule has 0 spiro atoms. The van der Waals surface area contributed by atoms with E-state index in [1.54, 1.807) is 4.90 Å². The van der Waals surface area contributed by atoms with Crippen LogP contribution in [-0.4, -0.2) is 29.3 Å². The van der Waals surface area contributed by atoms with Gasteiger partial charge < -0.3 is 10.2 Å². The molecule has 0 aliphatic heterocycles. The third-order valence-corrected chi connectivity index (χ3v) is 4.77. The summed E-state index contributed by atoms with van der Waals surface area (Å²) in [5.41, 5.74) is 4.30. The Kier molecular flexibility index (Phi) is 8.24. The van der Waals surface area contributed by atoms with Crippen LogP contribution in [0.3, 0.4) is 0 Å². The number of nitrogens with one attached hydrogen (secondary N) is 1. The summed E-state index contributed by atoms with van der Waals surface area (Å²) in [5.74, 6) is -0.0959. The topological polar surface area (TPSA) is 49.4 Å². The molecule has 4 nitrogen and oxygen atoms in total. The molecule has 0 aromatic heterocycles. The first-order chi connectivity index (χ1) is 13.4. The van der Waals surface area contributed by atoms with Crippen molar-refractivity contribution >= 4 is 11.8 Å². The number of hydrogen-bond donors (Lipinski definition) is 1. The molecule has 0 fully saturated rings. The molecule has 0 unspecified atom stereocenters. The molecule has 4 heteroatoms. The van der Waals surface area contributed by atoms with E-state index in [9.17, 15) is 9.59 Å². The van der Waals surface area contributed by atoms with Gasteiger partial charge in [0.1, 0.15) is 6.04 Å². The summed E-state index contributed by atoms with van der Waals surface area (Å²) in [6, 6.07) is 15.6. The van der Waals surface area contributed by atoms with Crippen molar-refractivity contribution in [3.05, 3.63) is 70.8 Å². The fourth-order valence-electron chi connectivity index (χ4n) is 3.51. The lowest BCUT2D eigenvalue weighted by molar-refractivity contribution is -0.140. The number of aryl methyl sites for hydroxylation is 2. The van der Waals surface area contributed by atoms with Crippen molar-refractivity contribution < 1.29 is 9.59 Å². The second-order valence-electron chi connectivity index (χ2n) is 7.40. The van der Waals surface area contributed by atoms with Gasteiger partial charge in [0.25, 0.3) is 0 Å². The Morgan fingerprint density at radius 3 is 2.18 bits per heavy atom. The minimum atomic E-state index is -0.467. The smallest absolute Gasteiger partial charge is 0.242 e. The Morgan fingerprint density at radius 1 is 0.964 bits per heavy atom. The number of carbonyl (C=O) groups excluding carboxylic acids is 2. The zero-order valence-electron chi connectivity index (χ0n) is 17.5. The number of nitrogens with zero attached hydrogens (tertiary/aromatic N) is 1. The standard InChI is InChI=1S/C24H32N2O2/c1-5-12-25-24(28)22(6-2)26(17-20-10-8-7-9-11-20)23(27)16-21-14-18(3)13-19(4)15-21/h7-11,13-15,22H,5-6,12,16-17H2,1-4H3,(H,25,28)/t22-/m0/s1. The molecule has 0 radical (unpaired) electrons. The first-order valence-electron chi connectivity index (χ1n) is 10.1. The number of rotatable bonds is 9. The Hall–Kier alpha value is -2.62. The van der Waals surface area contributed by atoms with E-state index in [1.807, 2.05) is 70.2 Å². The maximum Gasteiger partial charge on any atom is 0.242 e. The van der Waals surface area contributed by atoms with Crippen molar-refractivity contribution in [2.24, 2.45) is 0 Å². The van der Waals surface area contributed by atoms with E-state index < -0.39 is 6.04 Å². The highest BCUT2D eigenvalue weighted by atomic mass is 16.2. The summed E-state index contributed by atoms with van der Waals surface area (Å²) < 4.78 is 0. The van der Waals surface area contributed by atoms with Gasteiger partial charge in [-0.1, -0.05) is 73.5 Å². The first kappa shape index (κ1) is 21.7. The predicted octanol–water partition coefficient (Wildman–Crippen LogP) is 4.18. The molecule has 0 aliphatic carbocycles. The third kappa shape index (κ3) is 6.22. The van der Waals surface area contributed by atoms with E-state index in [0.717, 1.165) is 28.7 Å². The van der Waals surface area contributed by atoms with Crippen molar-refractivity contribution in [3.63, 3.8) is 0 Å². The van der Waals surface area contributed by atoms with E-state index in [1.165, 1.54) is 0 Å². The van der Waals surface area contributed by atoms with Crippen LogP contribution in [0.2, 0.25) is 0 Å². The van der Waals surface area contributed by atoms with Gasteiger partial charge in [-0.25, -0.2) is 0 Å². The zero-order chi connectivity index (χ0) is 20.5. The molecule has 2 aromatic carbocycles. The summed E-state index contributed by atoms with van der Waals surface area (Å²) in [7, 11) is 0. The molecular weight excluding hydrogens is 348 g/mol. The number of benzene rings is 2. The number of carbonyl (C=O) groups is 2. The van der Waals surface area contributed by atoms with Gasteiger partial charge in [0.2, 0.25) is 11.8 Å². The van der Waals surface area contributed by atoms with Crippen LogP contribution in [0.25, 0.3) is 0 Å². The largest absolute Gasteiger partial charge is 0.354 e. The summed E-state index contributed by atoms with van der Waals surface area (Å²) in [6.45, 7) is 9.11. The van der Waals surface area contributed by atoms with E-state index >= 15 is 0 Å². The van der Waals surface area contributed by atoms with Crippen LogP contribution in [0.5, 0.6) is 0 Å². The second kappa shape index (κ2) is 10.6. The molecule has 0 heterocycles. The van der Waals surface area contributed by atoms with Gasteiger partial charge in [-0.3, -0.25) is 9.59 Å². The fourth-order valence-corrected chi connectivity index (χ4v) is 3.51. The van der Waals surface area contributed by atoms with E-state index in [0.29, 0.717) is 25.9 Å². The van der Waals surface area contributed by atoms with Gasteiger partial charge in [0.15, 0.2) is 0 Å². The van der Waals surface area contributed by atoms with Crippen molar-refractivity contribution in [3.8, 4) is 0 Å². The fraction of sp³-hybridized carbons (Fsp3) is 0.417. The number of hydrogen-bond acceptors (Lipinski definition) is 2. The van der Waals surface area contributed by atoms with Gasteiger partial charge in [0.05, 0.1) is 6.42 Å². The minimum Gasteiger partial charge on any atom is -0.354 e.